The zero-order valence-corrected chi connectivity index (χ0v) is 20.1. The standard InChI is InChI=1S/C27H25NO6S/c1-18-8-10-19(11-9-18)16-28-23-15-20(27(30)34-17-21-5-4-14-33-21)12-13-25(23)35(31,32)24-7-3-2-6-22(24)26(28)29/h2-3,6-13,15,21H,4-5,14,16-17H2,1H3/t21-/m0/s1. The summed E-state index contributed by atoms with van der Waals surface area (Å²) >= 11 is 0. The summed E-state index contributed by atoms with van der Waals surface area (Å²) < 4.78 is 38.1. The first-order valence-corrected chi connectivity index (χ1v) is 13.0. The summed E-state index contributed by atoms with van der Waals surface area (Å²) in [4.78, 5) is 27.8. The maximum Gasteiger partial charge on any atom is 0.338 e. The Bertz CT molecular complexity index is 1390. The monoisotopic (exact) mass is 491 g/mol. The molecule has 0 N–H and O–H groups in total. The quantitative estimate of drug-likeness (QED) is 0.494. The van der Waals surface area contributed by atoms with Gasteiger partial charge in [-0.2, -0.15) is 0 Å². The first-order valence-electron chi connectivity index (χ1n) is 11.5. The van der Waals surface area contributed by atoms with Gasteiger partial charge in [-0.15, -0.1) is 0 Å². The van der Waals surface area contributed by atoms with E-state index in [0.29, 0.717) is 6.61 Å². The number of ether oxygens (including phenoxy) is 2. The second kappa shape index (κ2) is 9.28. The zero-order valence-electron chi connectivity index (χ0n) is 19.3. The summed E-state index contributed by atoms with van der Waals surface area (Å²) in [5, 5.41) is 0. The van der Waals surface area contributed by atoms with Crippen LogP contribution < -0.4 is 4.90 Å². The van der Waals surface area contributed by atoms with Gasteiger partial charge in [-0.3, -0.25) is 4.79 Å². The molecule has 0 saturated carbocycles. The predicted octanol–water partition coefficient (Wildman–Crippen LogP) is 4.32. The Labute approximate surface area is 204 Å². The molecule has 0 aromatic heterocycles. The van der Waals surface area contributed by atoms with Crippen LogP contribution in [0.4, 0.5) is 5.69 Å². The van der Waals surface area contributed by atoms with Crippen molar-refractivity contribution in [3.8, 4) is 0 Å². The van der Waals surface area contributed by atoms with Crippen LogP contribution in [-0.4, -0.2) is 39.6 Å². The third-order valence-corrected chi connectivity index (χ3v) is 8.17. The Morgan fingerprint density at radius 3 is 2.57 bits per heavy atom. The molecule has 0 aliphatic carbocycles. The van der Waals surface area contributed by atoms with Crippen LogP contribution in [0.25, 0.3) is 0 Å². The number of hydrogen-bond donors (Lipinski definition) is 0. The molecule has 3 aromatic rings. The third kappa shape index (κ3) is 4.47. The van der Waals surface area contributed by atoms with Crippen LogP contribution in [0.2, 0.25) is 0 Å². The molecule has 0 unspecified atom stereocenters. The van der Waals surface area contributed by atoms with Crippen LogP contribution in [0.3, 0.4) is 0 Å². The molecule has 2 heterocycles. The number of hydrogen-bond acceptors (Lipinski definition) is 6. The molecule has 0 bridgehead atoms. The van der Waals surface area contributed by atoms with E-state index < -0.39 is 21.7 Å². The number of carbonyl (C=O) groups is 2. The average molecular weight is 492 g/mol. The van der Waals surface area contributed by atoms with E-state index in [4.69, 9.17) is 9.47 Å². The molecule has 8 heteroatoms. The highest BCUT2D eigenvalue weighted by Crippen LogP contribution is 2.38. The highest BCUT2D eigenvalue weighted by molar-refractivity contribution is 7.91. The lowest BCUT2D eigenvalue weighted by Crippen LogP contribution is -2.30. The Kier molecular flexibility index (Phi) is 6.17. The van der Waals surface area contributed by atoms with E-state index in [9.17, 15) is 18.0 Å². The molecule has 0 spiro atoms. The average Bonchev–Trinajstić information content (AvgIpc) is 3.38. The topological polar surface area (TPSA) is 90.0 Å². The van der Waals surface area contributed by atoms with Crippen molar-refractivity contribution in [1.82, 2.24) is 0 Å². The van der Waals surface area contributed by atoms with Crippen molar-refractivity contribution >= 4 is 27.4 Å². The lowest BCUT2D eigenvalue weighted by atomic mass is 10.1. The Morgan fingerprint density at radius 1 is 1.06 bits per heavy atom. The van der Waals surface area contributed by atoms with E-state index in [1.807, 2.05) is 31.2 Å². The van der Waals surface area contributed by atoms with E-state index in [1.165, 1.54) is 35.2 Å². The Morgan fingerprint density at radius 2 is 1.83 bits per heavy atom. The lowest BCUT2D eigenvalue weighted by molar-refractivity contribution is 0.0161. The van der Waals surface area contributed by atoms with Crippen LogP contribution >= 0.6 is 0 Å². The number of sulfone groups is 1. The largest absolute Gasteiger partial charge is 0.459 e. The molecule has 2 aliphatic rings. The van der Waals surface area contributed by atoms with Crippen molar-refractivity contribution in [3.05, 3.63) is 89.0 Å². The van der Waals surface area contributed by atoms with E-state index in [-0.39, 0.29) is 45.9 Å². The van der Waals surface area contributed by atoms with Gasteiger partial charge in [0, 0.05) is 6.61 Å². The maximum absolute atomic E-state index is 13.7. The van der Waals surface area contributed by atoms with Gasteiger partial charge in [0.15, 0.2) is 0 Å². The third-order valence-electron chi connectivity index (χ3n) is 6.31. The summed E-state index contributed by atoms with van der Waals surface area (Å²) in [6, 6.07) is 18.1. The molecular weight excluding hydrogens is 466 g/mol. The van der Waals surface area contributed by atoms with Gasteiger partial charge >= 0.3 is 5.97 Å². The molecule has 1 amide bonds. The number of fused-ring (bicyclic) bond motifs is 2. The number of benzene rings is 3. The number of carbonyl (C=O) groups excluding carboxylic acids is 2. The molecule has 0 radical (unpaired) electrons. The van der Waals surface area contributed by atoms with Crippen LogP contribution in [0.5, 0.6) is 0 Å². The first kappa shape index (κ1) is 23.3. The van der Waals surface area contributed by atoms with E-state index >= 15 is 0 Å². The highest BCUT2D eigenvalue weighted by Gasteiger charge is 2.36. The predicted molar refractivity (Wildman–Crippen MR) is 129 cm³/mol. The molecule has 35 heavy (non-hydrogen) atoms. The summed E-state index contributed by atoms with van der Waals surface area (Å²) in [7, 11) is -4.01. The van der Waals surface area contributed by atoms with Crippen molar-refractivity contribution < 1.29 is 27.5 Å². The van der Waals surface area contributed by atoms with Crippen LogP contribution in [-0.2, 0) is 25.9 Å². The van der Waals surface area contributed by atoms with Crippen LogP contribution in [0, 0.1) is 6.92 Å². The number of amides is 1. The molecule has 1 atom stereocenters. The number of rotatable bonds is 5. The van der Waals surface area contributed by atoms with Crippen molar-refractivity contribution in [2.45, 2.75) is 42.2 Å². The fourth-order valence-electron chi connectivity index (χ4n) is 4.39. The molecule has 2 aliphatic heterocycles. The van der Waals surface area contributed by atoms with Crippen LogP contribution in [0.1, 0.15) is 44.7 Å². The molecular formula is C27H25NO6S. The van der Waals surface area contributed by atoms with E-state index in [2.05, 4.69) is 0 Å². The van der Waals surface area contributed by atoms with Crippen molar-refractivity contribution in [1.29, 1.82) is 0 Å². The van der Waals surface area contributed by atoms with Gasteiger partial charge in [-0.05, 0) is 55.7 Å². The second-order valence-corrected chi connectivity index (χ2v) is 10.7. The number of anilines is 1. The second-order valence-electron chi connectivity index (χ2n) is 8.79. The SMILES string of the molecule is Cc1ccc(CN2C(=O)c3ccccc3S(=O)(=O)c3ccc(C(=O)OC[C@@H]4CCCO4)cc32)cc1. The fraction of sp³-hybridized carbons (Fsp3) is 0.259. The van der Waals surface area contributed by atoms with Crippen molar-refractivity contribution in [2.75, 3.05) is 18.1 Å². The first-order chi connectivity index (χ1) is 16.8. The van der Waals surface area contributed by atoms with Gasteiger partial charge < -0.3 is 14.4 Å². The number of nitrogens with zero attached hydrogens (tertiary/aromatic N) is 1. The van der Waals surface area contributed by atoms with Gasteiger partial charge in [-0.1, -0.05) is 42.0 Å². The van der Waals surface area contributed by atoms with Crippen molar-refractivity contribution in [2.24, 2.45) is 0 Å². The minimum atomic E-state index is -4.01. The zero-order chi connectivity index (χ0) is 24.6. The minimum Gasteiger partial charge on any atom is -0.459 e. The van der Waals surface area contributed by atoms with Gasteiger partial charge in [0.25, 0.3) is 5.91 Å². The van der Waals surface area contributed by atoms with Crippen LogP contribution in [0.15, 0.2) is 76.5 Å². The lowest BCUT2D eigenvalue weighted by Gasteiger charge is -2.23. The molecule has 5 rings (SSSR count). The van der Waals surface area contributed by atoms with Gasteiger partial charge in [-0.25, -0.2) is 13.2 Å². The summed E-state index contributed by atoms with van der Waals surface area (Å²) in [6.07, 6.45) is 1.62. The summed E-state index contributed by atoms with van der Waals surface area (Å²) in [5.74, 6) is -1.04. The van der Waals surface area contributed by atoms with E-state index in [1.54, 1.807) is 12.1 Å². The summed E-state index contributed by atoms with van der Waals surface area (Å²) in [5.41, 5.74) is 2.32. The molecule has 3 aromatic carbocycles. The van der Waals surface area contributed by atoms with Gasteiger partial charge in [0.05, 0.1) is 39.3 Å². The Hall–Kier alpha value is -3.49. The van der Waals surface area contributed by atoms with Gasteiger partial charge in [0.2, 0.25) is 9.84 Å². The summed E-state index contributed by atoms with van der Waals surface area (Å²) in [6.45, 7) is 2.89. The molecule has 180 valence electrons. The maximum atomic E-state index is 13.7. The smallest absolute Gasteiger partial charge is 0.338 e. The minimum absolute atomic E-state index is 0.0291. The normalized spacial score (nSPS) is 18.5. The fourth-order valence-corrected chi connectivity index (χ4v) is 6.03. The Balaban J connectivity index is 1.58. The molecule has 1 fully saturated rings. The number of esters is 1. The molecule has 1 saturated heterocycles. The van der Waals surface area contributed by atoms with Gasteiger partial charge in [0.1, 0.15) is 6.61 Å². The number of aryl methyl sites for hydroxylation is 1. The highest BCUT2D eigenvalue weighted by atomic mass is 32.2. The van der Waals surface area contributed by atoms with Crippen molar-refractivity contribution in [3.63, 3.8) is 0 Å². The molecule has 7 nitrogen and oxygen atoms in total. The van der Waals surface area contributed by atoms with E-state index in [0.717, 1.165) is 24.0 Å².